The van der Waals surface area contributed by atoms with E-state index in [4.69, 9.17) is 11.6 Å². The summed E-state index contributed by atoms with van der Waals surface area (Å²) >= 11 is 6.10. The maximum atomic E-state index is 12.8. The molecule has 2 aromatic carbocycles. The zero-order chi connectivity index (χ0) is 20.4. The van der Waals surface area contributed by atoms with Crippen LogP contribution in [0.15, 0.2) is 59.5 Å². The molecule has 1 aliphatic rings. The van der Waals surface area contributed by atoms with Crippen molar-refractivity contribution in [2.45, 2.75) is 19.4 Å². The molecule has 0 spiro atoms. The molecule has 1 saturated heterocycles. The fourth-order valence-electron chi connectivity index (χ4n) is 3.64. The Bertz CT molecular complexity index is 1150. The molecule has 0 aliphatic carbocycles. The van der Waals surface area contributed by atoms with Gasteiger partial charge in [0.15, 0.2) is 5.43 Å². The van der Waals surface area contributed by atoms with Crippen molar-refractivity contribution in [3.63, 3.8) is 0 Å². The molecule has 0 atom stereocenters. The number of para-hydroxylation sites is 1. The van der Waals surface area contributed by atoms with Gasteiger partial charge in [-0.25, -0.2) is 0 Å². The molecule has 7 heteroatoms. The number of halogens is 1. The van der Waals surface area contributed by atoms with Gasteiger partial charge in [0.2, 0.25) is 5.91 Å². The topological polar surface area (TPSA) is 71.4 Å². The van der Waals surface area contributed by atoms with Crippen molar-refractivity contribution in [2.24, 2.45) is 0 Å². The van der Waals surface area contributed by atoms with Gasteiger partial charge >= 0.3 is 0 Å². The zero-order valence-electron chi connectivity index (χ0n) is 15.7. The number of hydrogen-bond acceptors (Lipinski definition) is 3. The van der Waals surface area contributed by atoms with Crippen LogP contribution in [-0.4, -0.2) is 34.4 Å². The first-order chi connectivity index (χ1) is 14.0. The van der Waals surface area contributed by atoms with Crippen LogP contribution in [0.2, 0.25) is 5.02 Å². The SMILES string of the molecule is O=C(Cn1ccc(=O)c2ccccc21)Nc1cc(Cl)ccc1C(=O)N1CCCC1. The number of nitrogens with one attached hydrogen (secondary N) is 1. The van der Waals surface area contributed by atoms with Crippen molar-refractivity contribution < 1.29 is 9.59 Å². The molecule has 0 radical (unpaired) electrons. The molecule has 2 heterocycles. The summed E-state index contributed by atoms with van der Waals surface area (Å²) in [6, 6.07) is 13.5. The van der Waals surface area contributed by atoms with Gasteiger partial charge in [-0.15, -0.1) is 0 Å². The third-order valence-corrected chi connectivity index (χ3v) is 5.31. The molecular weight excluding hydrogens is 390 g/mol. The van der Waals surface area contributed by atoms with Crippen molar-refractivity contribution in [3.8, 4) is 0 Å². The molecule has 1 N–H and O–H groups in total. The van der Waals surface area contributed by atoms with Crippen molar-refractivity contribution in [1.29, 1.82) is 0 Å². The Kier molecular flexibility index (Phi) is 5.36. The number of pyridine rings is 1. The predicted molar refractivity (Wildman–Crippen MR) is 113 cm³/mol. The number of hydrogen-bond donors (Lipinski definition) is 1. The lowest BCUT2D eigenvalue weighted by molar-refractivity contribution is -0.116. The summed E-state index contributed by atoms with van der Waals surface area (Å²) in [6.07, 6.45) is 3.57. The van der Waals surface area contributed by atoms with Gasteiger partial charge in [-0.1, -0.05) is 23.7 Å². The highest BCUT2D eigenvalue weighted by Crippen LogP contribution is 2.24. The van der Waals surface area contributed by atoms with Gasteiger partial charge in [-0.05, 0) is 43.2 Å². The van der Waals surface area contributed by atoms with E-state index in [9.17, 15) is 14.4 Å². The Hall–Kier alpha value is -3.12. The summed E-state index contributed by atoms with van der Waals surface area (Å²) in [4.78, 5) is 39.4. The predicted octanol–water partition coefficient (Wildman–Crippen LogP) is 3.53. The van der Waals surface area contributed by atoms with E-state index in [-0.39, 0.29) is 23.8 Å². The van der Waals surface area contributed by atoms with Crippen LogP contribution in [-0.2, 0) is 11.3 Å². The van der Waals surface area contributed by atoms with Crippen LogP contribution < -0.4 is 10.7 Å². The molecule has 1 aromatic heterocycles. The molecule has 29 heavy (non-hydrogen) atoms. The Morgan fingerprint density at radius 1 is 1.03 bits per heavy atom. The number of aromatic nitrogens is 1. The molecule has 3 aromatic rings. The molecule has 0 bridgehead atoms. The largest absolute Gasteiger partial charge is 0.339 e. The zero-order valence-corrected chi connectivity index (χ0v) is 16.5. The average molecular weight is 410 g/mol. The summed E-state index contributed by atoms with van der Waals surface area (Å²) < 4.78 is 1.71. The van der Waals surface area contributed by atoms with E-state index in [1.807, 2.05) is 6.07 Å². The molecule has 148 valence electrons. The van der Waals surface area contributed by atoms with Gasteiger partial charge in [0, 0.05) is 35.8 Å². The van der Waals surface area contributed by atoms with Gasteiger partial charge in [-0.2, -0.15) is 0 Å². The Morgan fingerprint density at radius 3 is 2.59 bits per heavy atom. The molecular formula is C22H20ClN3O3. The number of amides is 2. The van der Waals surface area contributed by atoms with Crippen molar-refractivity contribution in [1.82, 2.24) is 9.47 Å². The summed E-state index contributed by atoms with van der Waals surface area (Å²) in [5, 5.41) is 3.80. The molecule has 4 rings (SSSR count). The van der Waals surface area contributed by atoms with Gasteiger partial charge in [0.1, 0.15) is 6.54 Å². The van der Waals surface area contributed by atoms with E-state index in [0.717, 1.165) is 25.9 Å². The number of benzene rings is 2. The number of fused-ring (bicyclic) bond motifs is 1. The van der Waals surface area contributed by atoms with Crippen LogP contribution >= 0.6 is 11.6 Å². The van der Waals surface area contributed by atoms with Crippen LogP contribution in [0.3, 0.4) is 0 Å². The minimum atomic E-state index is -0.309. The number of carbonyl (C=O) groups excluding carboxylic acids is 2. The van der Waals surface area contributed by atoms with E-state index < -0.39 is 0 Å². The third-order valence-electron chi connectivity index (χ3n) is 5.08. The molecule has 0 unspecified atom stereocenters. The second-order valence-corrected chi connectivity index (χ2v) is 7.50. The highest BCUT2D eigenvalue weighted by molar-refractivity contribution is 6.31. The van der Waals surface area contributed by atoms with Gasteiger partial charge in [0.25, 0.3) is 5.91 Å². The Morgan fingerprint density at radius 2 is 1.79 bits per heavy atom. The maximum Gasteiger partial charge on any atom is 0.255 e. The third kappa shape index (κ3) is 4.03. The first kappa shape index (κ1) is 19.2. The molecule has 1 aliphatic heterocycles. The lowest BCUT2D eigenvalue weighted by Crippen LogP contribution is -2.29. The minimum absolute atomic E-state index is 0.00461. The highest BCUT2D eigenvalue weighted by atomic mass is 35.5. The van der Waals surface area contributed by atoms with Crippen LogP contribution in [0.1, 0.15) is 23.2 Å². The summed E-state index contributed by atoms with van der Waals surface area (Å²) in [6.45, 7) is 1.45. The molecule has 2 amide bonds. The normalized spacial score (nSPS) is 13.6. The van der Waals surface area contributed by atoms with Gasteiger partial charge in [-0.3, -0.25) is 14.4 Å². The fourth-order valence-corrected chi connectivity index (χ4v) is 3.81. The number of anilines is 1. The number of likely N-dealkylation sites (tertiary alicyclic amines) is 1. The lowest BCUT2D eigenvalue weighted by atomic mass is 10.1. The summed E-state index contributed by atoms with van der Waals surface area (Å²) in [5.41, 5.74) is 1.40. The second-order valence-electron chi connectivity index (χ2n) is 7.06. The molecule has 0 saturated carbocycles. The van der Waals surface area contributed by atoms with Gasteiger partial charge in [0.05, 0.1) is 16.8 Å². The van der Waals surface area contributed by atoms with E-state index in [2.05, 4.69) is 5.32 Å². The molecule has 1 fully saturated rings. The van der Waals surface area contributed by atoms with E-state index >= 15 is 0 Å². The average Bonchev–Trinajstić information content (AvgIpc) is 3.25. The Labute approximate surface area is 172 Å². The maximum absolute atomic E-state index is 12.8. The lowest BCUT2D eigenvalue weighted by Gasteiger charge is -2.18. The second kappa shape index (κ2) is 8.09. The number of carbonyl (C=O) groups is 2. The van der Waals surface area contributed by atoms with E-state index in [0.29, 0.717) is 27.2 Å². The fraction of sp³-hybridized carbons (Fsp3) is 0.227. The van der Waals surface area contributed by atoms with Gasteiger partial charge < -0.3 is 14.8 Å². The quantitative estimate of drug-likeness (QED) is 0.716. The Balaban J connectivity index is 1.59. The number of nitrogens with zero attached hydrogens (tertiary/aromatic N) is 2. The standard InChI is InChI=1S/C22H20ClN3O3/c23-15-7-8-16(22(29)25-10-3-4-11-25)18(13-15)24-21(28)14-26-12-9-20(27)17-5-1-2-6-19(17)26/h1-2,5-9,12-13H,3-4,10-11,14H2,(H,24,28). The smallest absolute Gasteiger partial charge is 0.255 e. The van der Waals surface area contributed by atoms with Crippen LogP contribution in [0.5, 0.6) is 0 Å². The van der Waals surface area contributed by atoms with Crippen molar-refractivity contribution in [2.75, 3.05) is 18.4 Å². The van der Waals surface area contributed by atoms with E-state index in [1.54, 1.807) is 52.1 Å². The monoisotopic (exact) mass is 409 g/mol. The first-order valence-electron chi connectivity index (χ1n) is 9.50. The summed E-state index contributed by atoms with van der Waals surface area (Å²) in [5.74, 6) is -0.417. The number of rotatable bonds is 4. The van der Waals surface area contributed by atoms with E-state index in [1.165, 1.54) is 6.07 Å². The minimum Gasteiger partial charge on any atom is -0.339 e. The highest BCUT2D eigenvalue weighted by Gasteiger charge is 2.22. The first-order valence-corrected chi connectivity index (χ1v) is 9.87. The van der Waals surface area contributed by atoms with Crippen LogP contribution in [0, 0.1) is 0 Å². The van der Waals surface area contributed by atoms with Crippen molar-refractivity contribution >= 4 is 40.0 Å². The van der Waals surface area contributed by atoms with Crippen LogP contribution in [0.25, 0.3) is 10.9 Å². The molecule has 6 nitrogen and oxygen atoms in total. The van der Waals surface area contributed by atoms with Crippen molar-refractivity contribution in [3.05, 3.63) is 75.5 Å². The van der Waals surface area contributed by atoms with Crippen LogP contribution in [0.4, 0.5) is 5.69 Å². The summed E-state index contributed by atoms with van der Waals surface area (Å²) in [7, 11) is 0.